The van der Waals surface area contributed by atoms with Crippen LogP contribution in [-0.4, -0.2) is 9.97 Å². The molecule has 2 rings (SSSR count). The lowest BCUT2D eigenvalue weighted by molar-refractivity contribution is 0.479. The Hall–Kier alpha value is -1.94. The molecule has 3 nitrogen and oxygen atoms in total. The van der Waals surface area contributed by atoms with Crippen LogP contribution in [0, 0.1) is 27.7 Å². The zero-order valence-corrected chi connectivity index (χ0v) is 13.0. The van der Waals surface area contributed by atoms with E-state index in [1.807, 2.05) is 38.1 Å². The molecule has 20 heavy (non-hydrogen) atoms. The highest BCUT2D eigenvalue weighted by Crippen LogP contribution is 2.28. The van der Waals surface area contributed by atoms with Crippen LogP contribution in [0.1, 0.15) is 28.1 Å². The SMILES string of the molecule is Cc1cc(Oc2ccc(C)c(C)c2)c(C(N)=S)c(C)n1. The molecule has 0 saturated heterocycles. The van der Waals surface area contributed by atoms with E-state index in [0.29, 0.717) is 16.3 Å². The summed E-state index contributed by atoms with van der Waals surface area (Å²) >= 11 is 5.10. The van der Waals surface area contributed by atoms with Gasteiger partial charge in [-0.25, -0.2) is 0 Å². The van der Waals surface area contributed by atoms with Gasteiger partial charge in [-0.15, -0.1) is 0 Å². The number of rotatable bonds is 3. The minimum Gasteiger partial charge on any atom is -0.456 e. The molecule has 0 atom stereocenters. The molecule has 0 fully saturated rings. The Morgan fingerprint density at radius 2 is 1.80 bits per heavy atom. The third-order valence-corrected chi connectivity index (χ3v) is 3.45. The van der Waals surface area contributed by atoms with Crippen LogP contribution in [0.2, 0.25) is 0 Å². The van der Waals surface area contributed by atoms with Crippen molar-refractivity contribution in [2.75, 3.05) is 0 Å². The van der Waals surface area contributed by atoms with Crippen molar-refractivity contribution < 1.29 is 4.74 Å². The highest BCUT2D eigenvalue weighted by molar-refractivity contribution is 7.80. The van der Waals surface area contributed by atoms with E-state index in [0.717, 1.165) is 17.1 Å². The number of aryl methyl sites for hydroxylation is 4. The first-order valence-electron chi connectivity index (χ1n) is 6.41. The number of benzene rings is 1. The van der Waals surface area contributed by atoms with Crippen molar-refractivity contribution in [3.05, 3.63) is 52.3 Å². The Balaban J connectivity index is 2.47. The van der Waals surface area contributed by atoms with Gasteiger partial charge >= 0.3 is 0 Å². The summed E-state index contributed by atoms with van der Waals surface area (Å²) in [4.78, 5) is 4.68. The second kappa shape index (κ2) is 5.59. The Morgan fingerprint density at radius 3 is 2.40 bits per heavy atom. The zero-order valence-electron chi connectivity index (χ0n) is 12.2. The molecule has 1 aromatic heterocycles. The van der Waals surface area contributed by atoms with Crippen LogP contribution in [0.4, 0.5) is 0 Å². The summed E-state index contributed by atoms with van der Waals surface area (Å²) < 4.78 is 5.96. The van der Waals surface area contributed by atoms with Crippen LogP contribution >= 0.6 is 12.2 Å². The van der Waals surface area contributed by atoms with Gasteiger partial charge in [0.15, 0.2) is 0 Å². The molecule has 2 aromatic rings. The molecule has 0 aliphatic rings. The fourth-order valence-electron chi connectivity index (χ4n) is 2.08. The van der Waals surface area contributed by atoms with Crippen LogP contribution in [0.5, 0.6) is 11.5 Å². The van der Waals surface area contributed by atoms with Crippen LogP contribution in [0.15, 0.2) is 24.3 Å². The maximum absolute atomic E-state index is 5.96. The van der Waals surface area contributed by atoms with E-state index >= 15 is 0 Å². The summed E-state index contributed by atoms with van der Waals surface area (Å²) in [6.45, 7) is 7.93. The molecule has 0 aliphatic heterocycles. The number of hydrogen-bond donors (Lipinski definition) is 1. The Kier molecular flexibility index (Phi) is 4.04. The minimum atomic E-state index is 0.300. The fraction of sp³-hybridized carbons (Fsp3) is 0.250. The molecule has 104 valence electrons. The molecule has 0 radical (unpaired) electrons. The number of pyridine rings is 1. The Morgan fingerprint density at radius 1 is 1.10 bits per heavy atom. The van der Waals surface area contributed by atoms with Gasteiger partial charge in [-0.3, -0.25) is 4.98 Å². The van der Waals surface area contributed by atoms with Gasteiger partial charge in [0.1, 0.15) is 16.5 Å². The molecule has 0 unspecified atom stereocenters. The molecule has 1 aromatic carbocycles. The van der Waals surface area contributed by atoms with Gasteiger partial charge in [-0.2, -0.15) is 0 Å². The predicted octanol–water partition coefficient (Wildman–Crippen LogP) is 3.74. The molecule has 0 saturated carbocycles. The van der Waals surface area contributed by atoms with Crippen LogP contribution in [0.3, 0.4) is 0 Å². The number of ether oxygens (including phenoxy) is 1. The third kappa shape index (κ3) is 2.96. The van der Waals surface area contributed by atoms with E-state index in [-0.39, 0.29) is 0 Å². The van der Waals surface area contributed by atoms with Gasteiger partial charge in [-0.1, -0.05) is 18.3 Å². The number of nitrogens with two attached hydrogens (primary N) is 1. The summed E-state index contributed by atoms with van der Waals surface area (Å²) in [6, 6.07) is 7.84. The van der Waals surface area contributed by atoms with E-state index < -0.39 is 0 Å². The lowest BCUT2D eigenvalue weighted by atomic mass is 10.1. The largest absolute Gasteiger partial charge is 0.456 e. The van der Waals surface area contributed by atoms with E-state index in [1.165, 1.54) is 11.1 Å². The van der Waals surface area contributed by atoms with E-state index in [2.05, 4.69) is 18.8 Å². The molecule has 0 aliphatic carbocycles. The first-order valence-corrected chi connectivity index (χ1v) is 6.82. The molecule has 4 heteroatoms. The van der Waals surface area contributed by atoms with E-state index in [1.54, 1.807) is 0 Å². The zero-order chi connectivity index (χ0) is 14.9. The summed E-state index contributed by atoms with van der Waals surface area (Å²) in [5.74, 6) is 1.43. The number of thiocarbonyl (C=S) groups is 1. The lowest BCUT2D eigenvalue weighted by Crippen LogP contribution is -2.14. The van der Waals surface area contributed by atoms with Gasteiger partial charge in [0.2, 0.25) is 0 Å². The van der Waals surface area contributed by atoms with Gasteiger partial charge in [0, 0.05) is 11.8 Å². The molecular weight excluding hydrogens is 268 g/mol. The summed E-state index contributed by atoms with van der Waals surface area (Å²) in [5.41, 5.74) is 10.6. The maximum Gasteiger partial charge on any atom is 0.141 e. The quantitative estimate of drug-likeness (QED) is 0.873. The van der Waals surface area contributed by atoms with Crippen molar-refractivity contribution in [2.24, 2.45) is 5.73 Å². The molecule has 2 N–H and O–H groups in total. The summed E-state index contributed by atoms with van der Waals surface area (Å²) in [6.07, 6.45) is 0. The molecule has 0 amide bonds. The molecule has 0 bridgehead atoms. The highest BCUT2D eigenvalue weighted by atomic mass is 32.1. The Labute approximate surface area is 124 Å². The Bertz CT molecular complexity index is 680. The second-order valence-electron chi connectivity index (χ2n) is 4.93. The molecule has 1 heterocycles. The predicted molar refractivity (Wildman–Crippen MR) is 85.6 cm³/mol. The topological polar surface area (TPSA) is 48.1 Å². The average Bonchev–Trinajstić information content (AvgIpc) is 2.32. The van der Waals surface area contributed by atoms with Crippen molar-refractivity contribution in [1.29, 1.82) is 0 Å². The van der Waals surface area contributed by atoms with Gasteiger partial charge < -0.3 is 10.5 Å². The van der Waals surface area contributed by atoms with Gasteiger partial charge in [0.05, 0.1) is 11.3 Å². The molecule has 0 spiro atoms. The fourth-order valence-corrected chi connectivity index (χ4v) is 2.33. The summed E-state index contributed by atoms with van der Waals surface area (Å²) in [5, 5.41) is 0. The molecular formula is C16H18N2OS. The standard InChI is InChI=1S/C16H18N2OS/c1-9-5-6-13(7-10(9)2)19-14-8-11(3)18-12(4)15(14)16(17)20/h5-8H,1-4H3,(H2,17,20). The minimum absolute atomic E-state index is 0.300. The third-order valence-electron chi connectivity index (χ3n) is 3.24. The van der Waals surface area contributed by atoms with Crippen LogP contribution in [0.25, 0.3) is 0 Å². The highest BCUT2D eigenvalue weighted by Gasteiger charge is 2.13. The van der Waals surface area contributed by atoms with Crippen molar-refractivity contribution in [3.63, 3.8) is 0 Å². The maximum atomic E-state index is 5.96. The average molecular weight is 286 g/mol. The smallest absolute Gasteiger partial charge is 0.141 e. The normalized spacial score (nSPS) is 10.4. The second-order valence-corrected chi connectivity index (χ2v) is 5.37. The lowest BCUT2D eigenvalue weighted by Gasteiger charge is -2.14. The number of aromatic nitrogens is 1. The van der Waals surface area contributed by atoms with Gasteiger partial charge in [0.25, 0.3) is 0 Å². The van der Waals surface area contributed by atoms with Gasteiger partial charge in [-0.05, 0) is 51.0 Å². The first-order chi connectivity index (χ1) is 9.38. The van der Waals surface area contributed by atoms with Crippen LogP contribution < -0.4 is 10.5 Å². The van der Waals surface area contributed by atoms with Crippen molar-refractivity contribution >= 4 is 17.2 Å². The first kappa shape index (κ1) is 14.5. The van der Waals surface area contributed by atoms with E-state index in [9.17, 15) is 0 Å². The number of hydrogen-bond acceptors (Lipinski definition) is 3. The van der Waals surface area contributed by atoms with Crippen LogP contribution in [-0.2, 0) is 0 Å². The van der Waals surface area contributed by atoms with Crippen molar-refractivity contribution in [2.45, 2.75) is 27.7 Å². The van der Waals surface area contributed by atoms with Crippen molar-refractivity contribution in [1.82, 2.24) is 4.98 Å². The van der Waals surface area contributed by atoms with Crippen molar-refractivity contribution in [3.8, 4) is 11.5 Å². The van der Waals surface area contributed by atoms with E-state index in [4.69, 9.17) is 22.7 Å². The number of nitrogens with zero attached hydrogens (tertiary/aromatic N) is 1. The summed E-state index contributed by atoms with van der Waals surface area (Å²) in [7, 11) is 0. The monoisotopic (exact) mass is 286 g/mol.